The van der Waals surface area contributed by atoms with Crippen molar-refractivity contribution in [2.45, 2.75) is 104 Å². The zero-order chi connectivity index (χ0) is 20.9. The minimum absolute atomic E-state index is 0.772. The van der Waals surface area contributed by atoms with Gasteiger partial charge in [0.05, 0.1) is 0 Å². The molecular formula is C23H51NO3Si. The molecule has 0 aliphatic carbocycles. The first kappa shape index (κ1) is 28.1. The standard InChI is InChI=1S/C23H51NO3Si/c1-6-9-11-13-20-25-28(26-21-14-12-10-7-2)27-22-18-23(16-8-3)17-15-19-24(4)5/h23,28H,6-22H2,1-5H3. The predicted octanol–water partition coefficient (Wildman–Crippen LogP) is 6.06. The molecule has 170 valence electrons. The van der Waals surface area contributed by atoms with Gasteiger partial charge in [-0.2, -0.15) is 0 Å². The molecule has 0 rings (SSSR count). The lowest BCUT2D eigenvalue weighted by Crippen LogP contribution is -2.29. The lowest BCUT2D eigenvalue weighted by molar-refractivity contribution is 0.0843. The second-order valence-corrected chi connectivity index (χ2v) is 9.99. The van der Waals surface area contributed by atoms with Gasteiger partial charge < -0.3 is 18.2 Å². The summed E-state index contributed by atoms with van der Waals surface area (Å²) in [4.78, 5) is 2.28. The van der Waals surface area contributed by atoms with Crippen LogP contribution in [-0.4, -0.2) is 54.9 Å². The first-order valence-corrected chi connectivity index (χ1v) is 13.5. The first-order valence-electron chi connectivity index (χ1n) is 12.1. The Kier molecular flexibility index (Phi) is 21.8. The van der Waals surface area contributed by atoms with E-state index in [1.54, 1.807) is 0 Å². The topological polar surface area (TPSA) is 30.9 Å². The smallest absolute Gasteiger partial charge is 0.376 e. The van der Waals surface area contributed by atoms with E-state index in [-0.39, 0.29) is 0 Å². The predicted molar refractivity (Wildman–Crippen MR) is 124 cm³/mol. The molecule has 28 heavy (non-hydrogen) atoms. The number of nitrogens with zero attached hydrogens (tertiary/aromatic N) is 1. The second kappa shape index (κ2) is 21.8. The summed E-state index contributed by atoms with van der Waals surface area (Å²) in [6, 6.07) is 0. The molecule has 5 heteroatoms. The Morgan fingerprint density at radius 1 is 0.607 bits per heavy atom. The van der Waals surface area contributed by atoms with Crippen LogP contribution in [0.25, 0.3) is 0 Å². The molecule has 0 aliphatic heterocycles. The van der Waals surface area contributed by atoms with Crippen molar-refractivity contribution in [2.75, 3.05) is 40.5 Å². The highest BCUT2D eigenvalue weighted by Gasteiger charge is 2.17. The molecule has 1 unspecified atom stereocenters. The number of unbranched alkanes of at least 4 members (excludes halogenated alkanes) is 6. The Morgan fingerprint density at radius 2 is 1.18 bits per heavy atom. The van der Waals surface area contributed by atoms with Gasteiger partial charge in [-0.1, -0.05) is 72.1 Å². The number of hydrogen-bond donors (Lipinski definition) is 0. The Hall–Kier alpha value is 0.0569. The molecule has 0 aromatic carbocycles. The minimum Gasteiger partial charge on any atom is -0.376 e. The molecular weight excluding hydrogens is 366 g/mol. The average molecular weight is 418 g/mol. The number of hydrogen-bond acceptors (Lipinski definition) is 4. The quantitative estimate of drug-likeness (QED) is 0.158. The second-order valence-electron chi connectivity index (χ2n) is 8.41. The van der Waals surface area contributed by atoms with E-state index in [0.29, 0.717) is 0 Å². The monoisotopic (exact) mass is 417 g/mol. The third kappa shape index (κ3) is 19.4. The maximum Gasteiger partial charge on any atom is 0.484 e. The molecule has 0 saturated heterocycles. The molecule has 1 atom stereocenters. The first-order chi connectivity index (χ1) is 13.6. The SMILES string of the molecule is CCCCCCO[SiH](OCCCCCC)OCCC(CCC)CCCN(C)C. The zero-order valence-electron chi connectivity index (χ0n) is 19.8. The molecule has 0 heterocycles. The van der Waals surface area contributed by atoms with Crippen LogP contribution in [0, 0.1) is 5.92 Å². The van der Waals surface area contributed by atoms with Crippen molar-refractivity contribution in [1.82, 2.24) is 4.90 Å². The van der Waals surface area contributed by atoms with Gasteiger partial charge in [0.2, 0.25) is 0 Å². The van der Waals surface area contributed by atoms with E-state index >= 15 is 0 Å². The van der Waals surface area contributed by atoms with Gasteiger partial charge in [0.1, 0.15) is 0 Å². The Balaban J connectivity index is 4.16. The van der Waals surface area contributed by atoms with Crippen molar-refractivity contribution in [2.24, 2.45) is 5.92 Å². The molecule has 0 bridgehead atoms. The summed E-state index contributed by atoms with van der Waals surface area (Å²) >= 11 is 0. The summed E-state index contributed by atoms with van der Waals surface area (Å²) in [5.74, 6) is 0.772. The van der Waals surface area contributed by atoms with Gasteiger partial charge in [-0.25, -0.2) is 0 Å². The van der Waals surface area contributed by atoms with Gasteiger partial charge in [0.15, 0.2) is 0 Å². The van der Waals surface area contributed by atoms with Crippen molar-refractivity contribution in [3.63, 3.8) is 0 Å². The van der Waals surface area contributed by atoms with E-state index in [1.165, 1.54) is 70.8 Å². The van der Waals surface area contributed by atoms with Crippen LogP contribution in [0.5, 0.6) is 0 Å². The minimum atomic E-state index is -1.97. The third-order valence-corrected chi connectivity index (χ3v) is 6.72. The highest BCUT2D eigenvalue weighted by molar-refractivity contribution is 6.36. The van der Waals surface area contributed by atoms with Crippen molar-refractivity contribution < 1.29 is 13.3 Å². The van der Waals surface area contributed by atoms with Crippen LogP contribution in [0.15, 0.2) is 0 Å². The van der Waals surface area contributed by atoms with E-state index in [4.69, 9.17) is 13.3 Å². The van der Waals surface area contributed by atoms with Gasteiger partial charge in [-0.3, -0.25) is 0 Å². The van der Waals surface area contributed by atoms with Crippen LogP contribution >= 0.6 is 0 Å². The van der Waals surface area contributed by atoms with Crippen LogP contribution in [0.1, 0.15) is 104 Å². The fourth-order valence-corrected chi connectivity index (χ4v) is 4.76. The highest BCUT2D eigenvalue weighted by Crippen LogP contribution is 2.18. The van der Waals surface area contributed by atoms with E-state index in [1.807, 2.05) is 0 Å². The van der Waals surface area contributed by atoms with Gasteiger partial charge >= 0.3 is 9.53 Å². The zero-order valence-corrected chi connectivity index (χ0v) is 21.0. The summed E-state index contributed by atoms with van der Waals surface area (Å²) in [5, 5.41) is 0. The van der Waals surface area contributed by atoms with Crippen LogP contribution in [0.3, 0.4) is 0 Å². The third-order valence-electron chi connectivity index (χ3n) is 5.20. The maximum atomic E-state index is 6.14. The largest absolute Gasteiger partial charge is 0.484 e. The molecule has 0 amide bonds. The van der Waals surface area contributed by atoms with Crippen LogP contribution in [0.4, 0.5) is 0 Å². The molecule has 0 saturated carbocycles. The Labute approximate surface area is 178 Å². The average Bonchev–Trinajstić information content (AvgIpc) is 2.66. The Bertz CT molecular complexity index is 292. The van der Waals surface area contributed by atoms with Crippen LogP contribution in [0.2, 0.25) is 0 Å². The Morgan fingerprint density at radius 3 is 1.68 bits per heavy atom. The molecule has 0 aliphatic rings. The molecule has 0 N–H and O–H groups in total. The lowest BCUT2D eigenvalue weighted by Gasteiger charge is -2.20. The molecule has 0 fully saturated rings. The van der Waals surface area contributed by atoms with Crippen LogP contribution < -0.4 is 0 Å². The normalized spacial score (nSPS) is 13.0. The van der Waals surface area contributed by atoms with Gasteiger partial charge in [-0.15, -0.1) is 0 Å². The van der Waals surface area contributed by atoms with Crippen molar-refractivity contribution >= 4 is 9.53 Å². The lowest BCUT2D eigenvalue weighted by atomic mass is 9.95. The van der Waals surface area contributed by atoms with E-state index in [9.17, 15) is 0 Å². The van der Waals surface area contributed by atoms with Gasteiger partial charge in [-0.05, 0) is 58.7 Å². The summed E-state index contributed by atoms with van der Waals surface area (Å²) in [5.41, 5.74) is 0. The van der Waals surface area contributed by atoms with E-state index in [2.05, 4.69) is 39.8 Å². The maximum absolute atomic E-state index is 6.14. The fraction of sp³-hybridized carbons (Fsp3) is 1.00. The highest BCUT2D eigenvalue weighted by atomic mass is 28.3. The van der Waals surface area contributed by atoms with Crippen molar-refractivity contribution in [3.05, 3.63) is 0 Å². The van der Waals surface area contributed by atoms with Crippen molar-refractivity contribution in [1.29, 1.82) is 0 Å². The summed E-state index contributed by atoms with van der Waals surface area (Å²) < 4.78 is 18.2. The molecule has 0 radical (unpaired) electrons. The summed E-state index contributed by atoms with van der Waals surface area (Å²) in [6.45, 7) is 10.3. The van der Waals surface area contributed by atoms with Crippen molar-refractivity contribution in [3.8, 4) is 0 Å². The van der Waals surface area contributed by atoms with Crippen LogP contribution in [-0.2, 0) is 13.3 Å². The molecule has 0 aromatic heterocycles. The van der Waals surface area contributed by atoms with Gasteiger partial charge in [0.25, 0.3) is 0 Å². The molecule has 0 spiro atoms. The molecule has 0 aromatic rings. The van der Waals surface area contributed by atoms with E-state index in [0.717, 1.165) is 45.0 Å². The number of rotatable bonds is 22. The fourth-order valence-electron chi connectivity index (χ4n) is 3.43. The van der Waals surface area contributed by atoms with Gasteiger partial charge in [0, 0.05) is 19.8 Å². The summed E-state index contributed by atoms with van der Waals surface area (Å²) in [7, 11) is 2.35. The molecule has 4 nitrogen and oxygen atoms in total. The summed E-state index contributed by atoms with van der Waals surface area (Å²) in [6.07, 6.45) is 16.1. The van der Waals surface area contributed by atoms with E-state index < -0.39 is 9.53 Å².